The number of thioether (sulfide) groups is 1. The molecule has 2 N–H and O–H groups in total. The lowest BCUT2D eigenvalue weighted by Crippen LogP contribution is -2.21. The quantitative estimate of drug-likeness (QED) is 0.540. The van der Waals surface area contributed by atoms with Gasteiger partial charge in [0.15, 0.2) is 0 Å². The van der Waals surface area contributed by atoms with Gasteiger partial charge in [-0.3, -0.25) is 0 Å². The Labute approximate surface area is 153 Å². The molecule has 3 nitrogen and oxygen atoms in total. The molecule has 0 radical (unpaired) electrons. The minimum Gasteiger partial charge on any atom is -0.382 e. The van der Waals surface area contributed by atoms with Crippen LogP contribution in [0.5, 0.6) is 0 Å². The predicted molar refractivity (Wildman–Crippen MR) is 86.4 cm³/mol. The fourth-order valence-electron chi connectivity index (χ4n) is 2.89. The second-order valence-corrected chi connectivity index (χ2v) is 6.96. The minimum absolute atomic E-state index is 0.00207. The van der Waals surface area contributed by atoms with Gasteiger partial charge >= 0.3 is 5.51 Å². The van der Waals surface area contributed by atoms with Crippen molar-refractivity contribution in [3.63, 3.8) is 0 Å². The van der Waals surface area contributed by atoms with Crippen LogP contribution in [0.3, 0.4) is 0 Å². The zero-order valence-electron chi connectivity index (χ0n) is 13.2. The summed E-state index contributed by atoms with van der Waals surface area (Å²) in [5.74, 6) is -4.39. The number of hydrogen-bond donors (Lipinski definition) is 2. The molecule has 2 aromatic carbocycles. The largest absolute Gasteiger partial charge is 0.446 e. The second kappa shape index (κ2) is 6.65. The Bertz CT molecular complexity index is 938. The summed E-state index contributed by atoms with van der Waals surface area (Å²) in [5, 5.41) is 21.4. The Morgan fingerprint density at radius 2 is 1.93 bits per heavy atom. The molecule has 1 aliphatic carbocycles. The maximum Gasteiger partial charge on any atom is 0.446 e. The molecule has 0 fully saturated rings. The SMILES string of the molecule is N#Cc1cc(F)cc(Nc2ccc(SC(F)(F)F)c3c2CC(F)(F)C3O)c1. The number of fused-ring (bicyclic) bond motifs is 1. The van der Waals surface area contributed by atoms with Crippen molar-refractivity contribution >= 4 is 23.1 Å². The first-order chi connectivity index (χ1) is 12.5. The maximum absolute atomic E-state index is 14.0. The van der Waals surface area contributed by atoms with Crippen LogP contribution in [0.25, 0.3) is 0 Å². The number of alkyl halides is 5. The fourth-order valence-corrected chi connectivity index (χ4v) is 3.62. The molecule has 142 valence electrons. The Balaban J connectivity index is 2.07. The Hall–Kier alpha value is -2.38. The van der Waals surface area contributed by atoms with Crippen molar-refractivity contribution in [3.05, 3.63) is 52.8 Å². The van der Waals surface area contributed by atoms with E-state index >= 15 is 0 Å². The van der Waals surface area contributed by atoms with E-state index in [4.69, 9.17) is 5.26 Å². The van der Waals surface area contributed by atoms with Gasteiger partial charge in [-0.15, -0.1) is 0 Å². The van der Waals surface area contributed by atoms with Gasteiger partial charge in [0.05, 0.1) is 11.6 Å². The zero-order valence-corrected chi connectivity index (χ0v) is 14.1. The Kier molecular flexibility index (Phi) is 4.78. The van der Waals surface area contributed by atoms with Crippen LogP contribution in [0.15, 0.2) is 35.2 Å². The molecule has 1 atom stereocenters. The third-order valence-corrected chi connectivity index (χ3v) is 4.74. The van der Waals surface area contributed by atoms with E-state index in [-0.39, 0.29) is 22.5 Å². The van der Waals surface area contributed by atoms with Crippen molar-refractivity contribution < 1.29 is 31.4 Å². The molecule has 3 rings (SSSR count). The van der Waals surface area contributed by atoms with Gasteiger partial charge in [0, 0.05) is 28.3 Å². The third-order valence-electron chi connectivity index (χ3n) is 3.93. The lowest BCUT2D eigenvalue weighted by molar-refractivity contribution is -0.0976. The van der Waals surface area contributed by atoms with E-state index in [9.17, 15) is 31.4 Å². The van der Waals surface area contributed by atoms with Gasteiger partial charge in [-0.25, -0.2) is 13.2 Å². The summed E-state index contributed by atoms with van der Waals surface area (Å²) in [6.45, 7) is 0. The van der Waals surface area contributed by atoms with Gasteiger partial charge in [-0.2, -0.15) is 18.4 Å². The van der Waals surface area contributed by atoms with Crippen LogP contribution < -0.4 is 5.32 Å². The van der Waals surface area contributed by atoms with E-state index in [0.29, 0.717) is 0 Å². The maximum atomic E-state index is 14.0. The molecule has 0 aliphatic heterocycles. The summed E-state index contributed by atoms with van der Waals surface area (Å²) in [6, 6.07) is 7.09. The molecule has 27 heavy (non-hydrogen) atoms. The second-order valence-electron chi connectivity index (χ2n) is 5.86. The number of aliphatic hydroxyl groups is 1. The van der Waals surface area contributed by atoms with Crippen molar-refractivity contribution in [1.29, 1.82) is 5.26 Å². The first kappa shape index (κ1) is 19.4. The number of rotatable bonds is 3. The number of nitrogens with zero attached hydrogens (tertiary/aromatic N) is 1. The number of halogens is 6. The number of anilines is 2. The number of benzene rings is 2. The normalized spacial score (nSPS) is 18.1. The first-order valence-electron chi connectivity index (χ1n) is 7.45. The molecular formula is C17H10F6N2OS. The summed E-state index contributed by atoms with van der Waals surface area (Å²) in [5.41, 5.74) is -5.38. The summed E-state index contributed by atoms with van der Waals surface area (Å²) in [4.78, 5) is -0.523. The number of nitrogens with one attached hydrogen (secondary N) is 1. The van der Waals surface area contributed by atoms with Crippen LogP contribution >= 0.6 is 11.8 Å². The van der Waals surface area contributed by atoms with E-state index in [1.165, 1.54) is 6.07 Å². The minimum atomic E-state index is -4.72. The highest BCUT2D eigenvalue weighted by atomic mass is 32.2. The lowest BCUT2D eigenvalue weighted by Gasteiger charge is -2.17. The number of nitriles is 1. The molecule has 0 spiro atoms. The van der Waals surface area contributed by atoms with Crippen LogP contribution in [0, 0.1) is 17.1 Å². The predicted octanol–water partition coefficient (Wildman–Crippen LogP) is 5.28. The molecule has 1 unspecified atom stereocenters. The molecule has 0 saturated carbocycles. The van der Waals surface area contributed by atoms with Gasteiger partial charge in [0.1, 0.15) is 11.9 Å². The average Bonchev–Trinajstić information content (AvgIpc) is 2.79. The molecular weight excluding hydrogens is 394 g/mol. The summed E-state index contributed by atoms with van der Waals surface area (Å²) < 4.78 is 79.6. The van der Waals surface area contributed by atoms with Crippen molar-refractivity contribution in [2.24, 2.45) is 0 Å². The smallest absolute Gasteiger partial charge is 0.382 e. The summed E-state index contributed by atoms with van der Waals surface area (Å²) in [7, 11) is 0. The van der Waals surface area contributed by atoms with Gasteiger partial charge in [-0.05, 0) is 47.7 Å². The third kappa shape index (κ3) is 3.99. The average molecular weight is 404 g/mol. The van der Waals surface area contributed by atoms with Crippen LogP contribution in [0.2, 0.25) is 0 Å². The molecule has 0 saturated heterocycles. The molecule has 2 aromatic rings. The van der Waals surface area contributed by atoms with E-state index in [1.807, 2.05) is 0 Å². The zero-order chi connectivity index (χ0) is 20.0. The molecule has 0 heterocycles. The summed E-state index contributed by atoms with van der Waals surface area (Å²) >= 11 is -0.590. The van der Waals surface area contributed by atoms with E-state index < -0.39 is 52.0 Å². The molecule has 1 aliphatic rings. The van der Waals surface area contributed by atoms with Gasteiger partial charge in [0.25, 0.3) is 5.92 Å². The number of hydrogen-bond acceptors (Lipinski definition) is 4. The topological polar surface area (TPSA) is 56.0 Å². The van der Waals surface area contributed by atoms with Gasteiger partial charge in [0.2, 0.25) is 0 Å². The molecule has 0 aromatic heterocycles. The highest BCUT2D eigenvalue weighted by Crippen LogP contribution is 2.52. The van der Waals surface area contributed by atoms with E-state index in [2.05, 4.69) is 5.32 Å². The van der Waals surface area contributed by atoms with Crippen LogP contribution in [0.1, 0.15) is 22.8 Å². The number of aliphatic hydroxyl groups excluding tert-OH is 1. The molecule has 10 heteroatoms. The van der Waals surface area contributed by atoms with Crippen LogP contribution in [-0.4, -0.2) is 16.5 Å². The first-order valence-corrected chi connectivity index (χ1v) is 8.27. The van der Waals surface area contributed by atoms with E-state index in [1.54, 1.807) is 6.07 Å². The fraction of sp³-hybridized carbons (Fsp3) is 0.235. The van der Waals surface area contributed by atoms with Crippen molar-refractivity contribution in [1.82, 2.24) is 0 Å². The standard InChI is InChI=1S/C17H10F6N2OS/c18-9-3-8(7-24)4-10(5-9)25-12-1-2-13(27-17(21,22)23)14-11(12)6-16(19,20)15(14)26/h1-5,15,25-26H,6H2. The van der Waals surface area contributed by atoms with Crippen LogP contribution in [0.4, 0.5) is 37.7 Å². The van der Waals surface area contributed by atoms with Gasteiger partial charge in [-0.1, -0.05) is 0 Å². The van der Waals surface area contributed by atoms with Gasteiger partial charge < -0.3 is 10.4 Å². The molecule has 0 bridgehead atoms. The van der Waals surface area contributed by atoms with Crippen molar-refractivity contribution in [3.8, 4) is 6.07 Å². The lowest BCUT2D eigenvalue weighted by atomic mass is 10.1. The highest BCUT2D eigenvalue weighted by Gasteiger charge is 2.50. The Morgan fingerprint density at radius 1 is 1.22 bits per heavy atom. The monoisotopic (exact) mass is 404 g/mol. The Morgan fingerprint density at radius 3 is 2.56 bits per heavy atom. The summed E-state index contributed by atoms with van der Waals surface area (Å²) in [6.07, 6.45) is -3.36. The van der Waals surface area contributed by atoms with Crippen LogP contribution in [-0.2, 0) is 6.42 Å². The molecule has 0 amide bonds. The van der Waals surface area contributed by atoms with Crippen molar-refractivity contribution in [2.45, 2.75) is 28.9 Å². The van der Waals surface area contributed by atoms with E-state index in [0.717, 1.165) is 24.3 Å². The highest BCUT2D eigenvalue weighted by molar-refractivity contribution is 8.00. The van der Waals surface area contributed by atoms with Crippen molar-refractivity contribution in [2.75, 3.05) is 5.32 Å².